The van der Waals surface area contributed by atoms with E-state index in [2.05, 4.69) is 5.32 Å². The molecule has 0 radical (unpaired) electrons. The smallest absolute Gasteiger partial charge is 0.161 e. The lowest BCUT2D eigenvalue weighted by Gasteiger charge is -2.40. The number of fused-ring (bicyclic) bond motifs is 2. The first-order valence-electron chi connectivity index (χ1n) is 6.52. The van der Waals surface area contributed by atoms with E-state index in [0.29, 0.717) is 17.9 Å². The van der Waals surface area contributed by atoms with Crippen LogP contribution in [0.2, 0.25) is 0 Å². The van der Waals surface area contributed by atoms with Crippen molar-refractivity contribution in [1.82, 2.24) is 5.32 Å². The van der Waals surface area contributed by atoms with Gasteiger partial charge in [-0.2, -0.15) is 0 Å². The molecule has 2 rings (SSSR count). The van der Waals surface area contributed by atoms with Crippen molar-refractivity contribution in [3.63, 3.8) is 0 Å². The molecular weight excluding hydrogens is 198 g/mol. The normalized spacial score (nSPS) is 33.3. The summed E-state index contributed by atoms with van der Waals surface area (Å²) >= 11 is 0. The molecule has 0 aromatic carbocycles. The number of carbonyl (C=O) groups excluding carboxylic acids is 1. The van der Waals surface area contributed by atoms with Gasteiger partial charge in [-0.25, -0.2) is 0 Å². The molecule has 2 aliphatic heterocycles. The van der Waals surface area contributed by atoms with Gasteiger partial charge < -0.3 is 5.32 Å². The third-order valence-electron chi connectivity index (χ3n) is 4.21. The van der Waals surface area contributed by atoms with Gasteiger partial charge in [0.25, 0.3) is 0 Å². The summed E-state index contributed by atoms with van der Waals surface area (Å²) < 4.78 is 0. The zero-order chi connectivity index (χ0) is 11.7. The van der Waals surface area contributed by atoms with Gasteiger partial charge in [-0.05, 0) is 52.0 Å². The van der Waals surface area contributed by atoms with Crippen molar-refractivity contribution in [3.05, 3.63) is 11.1 Å². The Hall–Kier alpha value is -0.630. The monoisotopic (exact) mass is 221 g/mol. The van der Waals surface area contributed by atoms with Gasteiger partial charge in [0.1, 0.15) is 0 Å². The molecule has 2 bridgehead atoms. The van der Waals surface area contributed by atoms with Crippen molar-refractivity contribution in [2.45, 2.75) is 65.0 Å². The molecule has 2 atom stereocenters. The zero-order valence-corrected chi connectivity index (χ0v) is 10.7. The minimum atomic E-state index is 0.284. The lowest BCUT2D eigenvalue weighted by molar-refractivity contribution is -0.121. The van der Waals surface area contributed by atoms with E-state index in [9.17, 15) is 4.79 Å². The van der Waals surface area contributed by atoms with Crippen molar-refractivity contribution >= 4 is 5.78 Å². The SMILES string of the molecule is CC(C)=C(C)C(=O)C1CC2CCCC(C1)N2. The highest BCUT2D eigenvalue weighted by atomic mass is 16.1. The van der Waals surface area contributed by atoms with E-state index in [1.165, 1.54) is 24.8 Å². The molecule has 90 valence electrons. The lowest BCUT2D eigenvalue weighted by Crippen LogP contribution is -2.50. The van der Waals surface area contributed by atoms with E-state index in [-0.39, 0.29) is 5.92 Å². The van der Waals surface area contributed by atoms with E-state index < -0.39 is 0 Å². The van der Waals surface area contributed by atoms with Crippen LogP contribution in [0.25, 0.3) is 0 Å². The molecule has 0 aliphatic carbocycles. The molecule has 0 spiro atoms. The van der Waals surface area contributed by atoms with Gasteiger partial charge in [0, 0.05) is 18.0 Å². The van der Waals surface area contributed by atoms with Crippen LogP contribution in [0.15, 0.2) is 11.1 Å². The Morgan fingerprint density at radius 2 is 1.62 bits per heavy atom. The summed E-state index contributed by atoms with van der Waals surface area (Å²) in [6.07, 6.45) is 5.97. The minimum Gasteiger partial charge on any atom is -0.311 e. The van der Waals surface area contributed by atoms with Gasteiger partial charge in [-0.3, -0.25) is 4.79 Å². The number of allylic oxidation sites excluding steroid dienone is 2. The van der Waals surface area contributed by atoms with E-state index >= 15 is 0 Å². The van der Waals surface area contributed by atoms with Gasteiger partial charge >= 0.3 is 0 Å². The van der Waals surface area contributed by atoms with Crippen molar-refractivity contribution in [3.8, 4) is 0 Å². The van der Waals surface area contributed by atoms with Gasteiger partial charge in [0.15, 0.2) is 5.78 Å². The number of carbonyl (C=O) groups is 1. The second kappa shape index (κ2) is 4.70. The lowest BCUT2D eigenvalue weighted by atomic mass is 9.77. The molecule has 2 fully saturated rings. The zero-order valence-electron chi connectivity index (χ0n) is 10.7. The van der Waals surface area contributed by atoms with Crippen molar-refractivity contribution in [2.24, 2.45) is 5.92 Å². The maximum atomic E-state index is 12.3. The van der Waals surface area contributed by atoms with E-state index in [1.54, 1.807) is 0 Å². The third kappa shape index (κ3) is 2.37. The molecule has 2 heterocycles. The predicted octanol–water partition coefficient (Wildman–Crippen LogP) is 2.83. The molecule has 2 heteroatoms. The summed E-state index contributed by atoms with van der Waals surface area (Å²) in [5.74, 6) is 0.685. The van der Waals surface area contributed by atoms with Crippen LogP contribution in [0.5, 0.6) is 0 Å². The first-order chi connectivity index (χ1) is 7.58. The molecule has 16 heavy (non-hydrogen) atoms. The van der Waals surface area contributed by atoms with Crippen molar-refractivity contribution in [2.75, 3.05) is 0 Å². The quantitative estimate of drug-likeness (QED) is 0.726. The van der Waals surface area contributed by atoms with Crippen molar-refractivity contribution in [1.29, 1.82) is 0 Å². The van der Waals surface area contributed by atoms with Gasteiger partial charge in [-0.1, -0.05) is 12.0 Å². The number of Topliss-reactive ketones (excluding diaryl/α,β-unsaturated/α-hetero) is 1. The van der Waals surface area contributed by atoms with Gasteiger partial charge in [0.2, 0.25) is 0 Å². The Morgan fingerprint density at radius 1 is 1.06 bits per heavy atom. The van der Waals surface area contributed by atoms with Crippen LogP contribution in [0.1, 0.15) is 52.9 Å². The topological polar surface area (TPSA) is 29.1 Å². The van der Waals surface area contributed by atoms with Crippen LogP contribution in [0.4, 0.5) is 0 Å². The summed E-state index contributed by atoms with van der Waals surface area (Å²) in [4.78, 5) is 12.3. The fraction of sp³-hybridized carbons (Fsp3) is 0.786. The number of ketones is 1. The summed E-state index contributed by atoms with van der Waals surface area (Å²) in [7, 11) is 0. The summed E-state index contributed by atoms with van der Waals surface area (Å²) in [5, 5.41) is 3.64. The summed E-state index contributed by atoms with van der Waals surface area (Å²) in [6.45, 7) is 6.06. The first-order valence-corrected chi connectivity index (χ1v) is 6.52. The Labute approximate surface area is 98.5 Å². The molecule has 2 saturated heterocycles. The third-order valence-corrected chi connectivity index (χ3v) is 4.21. The molecule has 0 aromatic heterocycles. The van der Waals surface area contributed by atoms with Crippen molar-refractivity contribution < 1.29 is 4.79 Å². The largest absolute Gasteiger partial charge is 0.311 e. The van der Waals surface area contributed by atoms with Gasteiger partial charge in [-0.15, -0.1) is 0 Å². The minimum absolute atomic E-state index is 0.284. The van der Waals surface area contributed by atoms with Crippen LogP contribution < -0.4 is 5.32 Å². The average Bonchev–Trinajstić information content (AvgIpc) is 2.26. The van der Waals surface area contributed by atoms with E-state index in [0.717, 1.165) is 18.4 Å². The number of hydrogen-bond acceptors (Lipinski definition) is 2. The van der Waals surface area contributed by atoms with Crippen LogP contribution >= 0.6 is 0 Å². The maximum Gasteiger partial charge on any atom is 0.161 e. The molecule has 2 unspecified atom stereocenters. The standard InChI is InChI=1S/C14H23NO/c1-9(2)10(3)14(16)11-7-12-5-4-6-13(8-11)15-12/h11-13,15H,4-8H2,1-3H3. The molecule has 2 nitrogen and oxygen atoms in total. The van der Waals surface area contributed by atoms with Gasteiger partial charge in [0.05, 0.1) is 0 Å². The molecular formula is C14H23NO. The number of piperidine rings is 2. The second-order valence-corrected chi connectivity index (χ2v) is 5.65. The molecule has 0 amide bonds. The van der Waals surface area contributed by atoms with Crippen LogP contribution in [0.3, 0.4) is 0 Å². The first kappa shape index (κ1) is 11.8. The van der Waals surface area contributed by atoms with E-state index in [4.69, 9.17) is 0 Å². The fourth-order valence-corrected chi connectivity index (χ4v) is 3.03. The Balaban J connectivity index is 2.06. The highest BCUT2D eigenvalue weighted by molar-refractivity contribution is 5.97. The number of hydrogen-bond donors (Lipinski definition) is 1. The van der Waals surface area contributed by atoms with Crippen LogP contribution in [0, 0.1) is 5.92 Å². The summed E-state index contributed by atoms with van der Waals surface area (Å²) in [6, 6.07) is 1.21. The van der Waals surface area contributed by atoms with E-state index in [1.807, 2.05) is 20.8 Å². The van der Waals surface area contributed by atoms with Crippen LogP contribution in [-0.4, -0.2) is 17.9 Å². The number of rotatable bonds is 2. The predicted molar refractivity (Wildman–Crippen MR) is 66.3 cm³/mol. The fourth-order valence-electron chi connectivity index (χ4n) is 3.03. The molecule has 0 saturated carbocycles. The maximum absolute atomic E-state index is 12.3. The second-order valence-electron chi connectivity index (χ2n) is 5.65. The molecule has 1 N–H and O–H groups in total. The highest BCUT2D eigenvalue weighted by Crippen LogP contribution is 2.31. The highest BCUT2D eigenvalue weighted by Gasteiger charge is 2.34. The average molecular weight is 221 g/mol. The Bertz CT molecular complexity index is 303. The molecule has 2 aliphatic rings. The Kier molecular flexibility index (Phi) is 3.48. The molecule has 0 aromatic rings. The summed E-state index contributed by atoms with van der Waals surface area (Å²) in [5.41, 5.74) is 2.17. The van der Waals surface area contributed by atoms with Crippen LogP contribution in [-0.2, 0) is 4.79 Å². The Morgan fingerprint density at radius 3 is 2.12 bits per heavy atom. The number of nitrogens with one attached hydrogen (secondary N) is 1.